The van der Waals surface area contributed by atoms with E-state index in [0.29, 0.717) is 6.54 Å². The average molecular weight is 584 g/mol. The molecule has 8 nitrogen and oxygen atoms in total. The molecule has 42 heavy (non-hydrogen) atoms. The first-order valence-corrected chi connectivity index (χ1v) is 15.4. The van der Waals surface area contributed by atoms with Crippen LogP contribution in [0.3, 0.4) is 0 Å². The highest BCUT2D eigenvalue weighted by Crippen LogP contribution is 2.42. The summed E-state index contributed by atoms with van der Waals surface area (Å²) < 4.78 is 43.2. The number of aliphatic hydroxyl groups excluding tert-OH is 1. The quantitative estimate of drug-likeness (QED) is 0.238. The Kier molecular flexibility index (Phi) is 8.19. The summed E-state index contributed by atoms with van der Waals surface area (Å²) in [5, 5.41) is 9.52. The normalized spacial score (nSPS) is 21.0. The fourth-order valence-corrected chi connectivity index (χ4v) is 6.37. The summed E-state index contributed by atoms with van der Waals surface area (Å²) in [5.41, 5.74) is 5.50. The molecule has 6 rings (SSSR count). The van der Waals surface area contributed by atoms with E-state index in [-0.39, 0.29) is 36.2 Å². The van der Waals surface area contributed by atoms with Gasteiger partial charge in [-0.05, 0) is 41.0 Å². The lowest BCUT2D eigenvalue weighted by Crippen LogP contribution is -2.39. The van der Waals surface area contributed by atoms with Gasteiger partial charge in [0.15, 0.2) is 6.29 Å². The maximum Gasteiger partial charge on any atom is 0.240 e. The SMILES string of the molecule is CC1C(Cn2cnc3ccccc32)OC(c2ccc(CNS(=O)(=O)c3ccccc3)cc2)OC1c1ccc(CO)cc1. The van der Waals surface area contributed by atoms with Crippen molar-refractivity contribution >= 4 is 21.1 Å². The van der Waals surface area contributed by atoms with Crippen molar-refractivity contribution in [3.8, 4) is 0 Å². The topological polar surface area (TPSA) is 103 Å². The van der Waals surface area contributed by atoms with E-state index in [4.69, 9.17) is 9.47 Å². The van der Waals surface area contributed by atoms with Crippen LogP contribution in [-0.4, -0.2) is 29.2 Å². The number of hydrogen-bond donors (Lipinski definition) is 2. The van der Waals surface area contributed by atoms with Crippen molar-refractivity contribution < 1.29 is 23.0 Å². The highest BCUT2D eigenvalue weighted by atomic mass is 32.2. The van der Waals surface area contributed by atoms with E-state index in [1.165, 1.54) is 0 Å². The standard InChI is InChI=1S/C33H33N3O5S/c1-23-31(20-36-22-34-29-9-5-6-10-30(29)36)40-33(41-32(23)26-15-13-25(21-37)14-16-26)27-17-11-24(12-18-27)19-35-42(38,39)28-7-3-2-4-8-28/h2-18,22-23,31-33,35,37H,19-21H2,1H3. The summed E-state index contributed by atoms with van der Waals surface area (Å²) in [5.74, 6) is 0.0223. The third-order valence-corrected chi connectivity index (χ3v) is 9.22. The Morgan fingerprint density at radius 3 is 2.24 bits per heavy atom. The zero-order valence-corrected chi connectivity index (χ0v) is 24.0. The predicted molar refractivity (Wildman–Crippen MR) is 160 cm³/mol. The minimum Gasteiger partial charge on any atom is -0.392 e. The van der Waals surface area contributed by atoms with E-state index in [2.05, 4.69) is 27.3 Å². The van der Waals surface area contributed by atoms with Crippen molar-refractivity contribution in [3.63, 3.8) is 0 Å². The van der Waals surface area contributed by atoms with Crippen LogP contribution in [0, 0.1) is 5.92 Å². The Bertz CT molecular complexity index is 1740. The van der Waals surface area contributed by atoms with E-state index >= 15 is 0 Å². The molecule has 0 saturated carbocycles. The van der Waals surface area contributed by atoms with Gasteiger partial charge in [0.25, 0.3) is 0 Å². The van der Waals surface area contributed by atoms with Crippen molar-refractivity contribution in [3.05, 3.63) is 132 Å². The number of benzene rings is 4. The van der Waals surface area contributed by atoms with Gasteiger partial charge in [0.2, 0.25) is 10.0 Å². The molecule has 4 atom stereocenters. The fraction of sp³-hybridized carbons (Fsp3) is 0.242. The van der Waals surface area contributed by atoms with E-state index in [0.717, 1.165) is 33.3 Å². The first-order chi connectivity index (χ1) is 20.4. The summed E-state index contributed by atoms with van der Waals surface area (Å²) >= 11 is 0. The van der Waals surface area contributed by atoms with E-state index in [1.807, 2.05) is 73.1 Å². The lowest BCUT2D eigenvalue weighted by Gasteiger charge is -2.41. The summed E-state index contributed by atoms with van der Waals surface area (Å²) in [4.78, 5) is 4.78. The van der Waals surface area contributed by atoms with Crippen molar-refractivity contribution in [2.24, 2.45) is 5.92 Å². The molecule has 4 aromatic carbocycles. The highest BCUT2D eigenvalue weighted by Gasteiger charge is 2.38. The molecule has 1 aliphatic heterocycles. The largest absolute Gasteiger partial charge is 0.392 e. The van der Waals surface area contributed by atoms with Crippen molar-refractivity contribution in [2.75, 3.05) is 0 Å². The van der Waals surface area contributed by atoms with Crippen LogP contribution in [0.5, 0.6) is 0 Å². The van der Waals surface area contributed by atoms with Crippen LogP contribution in [-0.2, 0) is 39.2 Å². The van der Waals surface area contributed by atoms with Crippen LogP contribution in [0.25, 0.3) is 11.0 Å². The zero-order valence-electron chi connectivity index (χ0n) is 23.2. The molecule has 5 aromatic rings. The van der Waals surface area contributed by atoms with Crippen LogP contribution >= 0.6 is 0 Å². The number of nitrogens with zero attached hydrogens (tertiary/aromatic N) is 2. The summed E-state index contributed by atoms with van der Waals surface area (Å²) in [6.45, 7) is 2.88. The third-order valence-electron chi connectivity index (χ3n) is 7.80. The number of ether oxygens (including phenoxy) is 2. The second-order valence-electron chi connectivity index (χ2n) is 10.6. The van der Waals surface area contributed by atoms with Gasteiger partial charge < -0.3 is 19.1 Å². The second-order valence-corrected chi connectivity index (χ2v) is 12.4. The molecular weight excluding hydrogens is 550 g/mol. The Balaban J connectivity index is 1.23. The monoisotopic (exact) mass is 583 g/mol. The second kappa shape index (κ2) is 12.2. The van der Waals surface area contributed by atoms with Crippen LogP contribution in [0.1, 0.15) is 41.6 Å². The smallest absolute Gasteiger partial charge is 0.240 e. The summed E-state index contributed by atoms with van der Waals surface area (Å²) in [6.07, 6.45) is 0.801. The summed E-state index contributed by atoms with van der Waals surface area (Å²) in [6, 6.07) is 31.8. The van der Waals surface area contributed by atoms with Crippen LogP contribution in [0.4, 0.5) is 0 Å². The van der Waals surface area contributed by atoms with Gasteiger partial charge in [0, 0.05) is 18.0 Å². The van der Waals surface area contributed by atoms with Gasteiger partial charge in [0.05, 0.1) is 47.6 Å². The number of nitrogens with one attached hydrogen (secondary N) is 1. The van der Waals surface area contributed by atoms with E-state index < -0.39 is 16.3 Å². The lowest BCUT2D eigenvalue weighted by molar-refractivity contribution is -0.276. The molecule has 2 N–H and O–H groups in total. The number of sulfonamides is 1. The van der Waals surface area contributed by atoms with Gasteiger partial charge in [-0.25, -0.2) is 18.1 Å². The fourth-order valence-electron chi connectivity index (χ4n) is 5.33. The first-order valence-electron chi connectivity index (χ1n) is 14.0. The Labute approximate surface area is 245 Å². The summed E-state index contributed by atoms with van der Waals surface area (Å²) in [7, 11) is -3.61. The molecule has 216 valence electrons. The van der Waals surface area contributed by atoms with Gasteiger partial charge in [-0.3, -0.25) is 0 Å². The molecule has 1 saturated heterocycles. The van der Waals surface area contributed by atoms with E-state index in [9.17, 15) is 13.5 Å². The Morgan fingerprint density at radius 1 is 0.833 bits per heavy atom. The van der Waals surface area contributed by atoms with Gasteiger partial charge >= 0.3 is 0 Å². The minimum atomic E-state index is -3.61. The maximum atomic E-state index is 12.6. The van der Waals surface area contributed by atoms with Crippen molar-refractivity contribution in [2.45, 2.75) is 50.0 Å². The van der Waals surface area contributed by atoms with Crippen LogP contribution in [0.2, 0.25) is 0 Å². The van der Waals surface area contributed by atoms with Gasteiger partial charge in [-0.2, -0.15) is 0 Å². The maximum absolute atomic E-state index is 12.6. The Hall–Kier alpha value is -3.86. The molecule has 0 amide bonds. The third kappa shape index (κ3) is 6.01. The Morgan fingerprint density at radius 2 is 1.50 bits per heavy atom. The molecule has 0 radical (unpaired) electrons. The molecular formula is C33H33N3O5S. The molecule has 1 fully saturated rings. The minimum absolute atomic E-state index is 0.0166. The predicted octanol–water partition coefficient (Wildman–Crippen LogP) is 5.50. The number of aromatic nitrogens is 2. The van der Waals surface area contributed by atoms with Crippen LogP contribution in [0.15, 0.2) is 114 Å². The number of para-hydroxylation sites is 2. The van der Waals surface area contributed by atoms with Gasteiger partial charge in [-0.1, -0.05) is 85.8 Å². The molecule has 1 aromatic heterocycles. The molecule has 0 aliphatic carbocycles. The average Bonchev–Trinajstić information content (AvgIpc) is 3.44. The van der Waals surface area contributed by atoms with Crippen molar-refractivity contribution in [1.29, 1.82) is 0 Å². The number of hydrogen-bond acceptors (Lipinski definition) is 6. The number of aliphatic hydroxyl groups is 1. The van der Waals surface area contributed by atoms with Gasteiger partial charge in [0.1, 0.15) is 0 Å². The van der Waals surface area contributed by atoms with Crippen molar-refractivity contribution in [1.82, 2.24) is 14.3 Å². The van der Waals surface area contributed by atoms with E-state index in [1.54, 1.807) is 30.3 Å². The zero-order chi connectivity index (χ0) is 29.1. The highest BCUT2D eigenvalue weighted by molar-refractivity contribution is 7.89. The molecule has 2 heterocycles. The van der Waals surface area contributed by atoms with Gasteiger partial charge in [-0.15, -0.1) is 0 Å². The van der Waals surface area contributed by atoms with Crippen LogP contribution < -0.4 is 4.72 Å². The molecule has 0 spiro atoms. The lowest BCUT2D eigenvalue weighted by atomic mass is 9.90. The number of imidazole rings is 1. The molecule has 9 heteroatoms. The first kappa shape index (κ1) is 28.3. The number of rotatable bonds is 9. The molecule has 0 bridgehead atoms. The number of fused-ring (bicyclic) bond motifs is 1. The molecule has 4 unspecified atom stereocenters. The molecule has 1 aliphatic rings.